The minimum Gasteiger partial charge on any atom is -0.444 e. The Morgan fingerprint density at radius 1 is 1.39 bits per heavy atom. The number of hydrogen-bond donors (Lipinski definition) is 0. The number of amides is 1. The summed E-state index contributed by atoms with van der Waals surface area (Å²) in [4.78, 5) is 17.3. The van der Waals surface area contributed by atoms with Crippen molar-refractivity contribution in [3.05, 3.63) is 42.2 Å². The van der Waals surface area contributed by atoms with Gasteiger partial charge in [-0.25, -0.2) is 4.79 Å². The van der Waals surface area contributed by atoms with Gasteiger partial charge in [-0.2, -0.15) is 13.2 Å². The second-order valence-electron chi connectivity index (χ2n) is 6.52. The Bertz CT molecular complexity index is 594. The number of likely N-dealkylation sites (tertiary alicyclic amines) is 1. The Hall–Kier alpha value is -2.05. The van der Waals surface area contributed by atoms with E-state index in [0.29, 0.717) is 5.56 Å². The molecule has 0 bridgehead atoms. The maximum atomic E-state index is 13.5. The largest absolute Gasteiger partial charge is 0.444 e. The van der Waals surface area contributed by atoms with E-state index < -0.39 is 29.8 Å². The van der Waals surface area contributed by atoms with Crippen molar-refractivity contribution in [1.29, 1.82) is 0 Å². The van der Waals surface area contributed by atoms with E-state index in [1.807, 2.05) is 0 Å². The van der Waals surface area contributed by atoms with Gasteiger partial charge in [0.1, 0.15) is 11.5 Å². The maximum Gasteiger partial charge on any atom is 0.411 e. The van der Waals surface area contributed by atoms with Crippen LogP contribution in [0.25, 0.3) is 0 Å². The maximum absolute atomic E-state index is 13.5. The van der Waals surface area contributed by atoms with Gasteiger partial charge in [-0.1, -0.05) is 12.6 Å². The molecule has 0 saturated carbocycles. The number of carbonyl (C=O) groups is 1. The number of alkyl halides is 3. The zero-order valence-electron chi connectivity index (χ0n) is 13.2. The summed E-state index contributed by atoms with van der Waals surface area (Å²) in [6.07, 6.45) is -2.50. The van der Waals surface area contributed by atoms with Gasteiger partial charge in [-0.3, -0.25) is 9.88 Å². The Morgan fingerprint density at radius 2 is 2.04 bits per heavy atom. The fraction of sp³-hybridized carbons (Fsp3) is 0.500. The molecule has 1 aliphatic heterocycles. The summed E-state index contributed by atoms with van der Waals surface area (Å²) >= 11 is 0. The van der Waals surface area contributed by atoms with E-state index in [1.54, 1.807) is 20.8 Å². The molecule has 4 nitrogen and oxygen atoms in total. The van der Waals surface area contributed by atoms with Crippen molar-refractivity contribution >= 4 is 6.09 Å². The molecule has 0 N–H and O–H groups in total. The van der Waals surface area contributed by atoms with Crippen molar-refractivity contribution in [2.45, 2.75) is 38.6 Å². The van der Waals surface area contributed by atoms with Gasteiger partial charge < -0.3 is 4.74 Å². The molecule has 2 heterocycles. The molecular formula is C16H19F3N2O2. The second-order valence-corrected chi connectivity index (χ2v) is 6.52. The first kappa shape index (κ1) is 17.3. The molecule has 0 unspecified atom stereocenters. The lowest BCUT2D eigenvalue weighted by Crippen LogP contribution is -2.39. The number of aromatic nitrogens is 1. The summed E-state index contributed by atoms with van der Waals surface area (Å²) < 4.78 is 45.6. The molecule has 2 rings (SSSR count). The van der Waals surface area contributed by atoms with Crippen molar-refractivity contribution in [1.82, 2.24) is 9.88 Å². The highest BCUT2D eigenvalue weighted by molar-refractivity contribution is 5.70. The summed E-state index contributed by atoms with van der Waals surface area (Å²) in [6, 6.07) is 1.84. The summed E-state index contributed by atoms with van der Waals surface area (Å²) in [5.74, 6) is -1.83. The van der Waals surface area contributed by atoms with Crippen LogP contribution >= 0.6 is 0 Å². The van der Waals surface area contributed by atoms with Crippen molar-refractivity contribution < 1.29 is 22.7 Å². The van der Waals surface area contributed by atoms with E-state index in [2.05, 4.69) is 11.6 Å². The van der Waals surface area contributed by atoms with Gasteiger partial charge in [0.05, 0.1) is 6.04 Å². The molecular weight excluding hydrogens is 309 g/mol. The highest BCUT2D eigenvalue weighted by atomic mass is 19.4. The highest BCUT2D eigenvalue weighted by Gasteiger charge is 2.54. The molecule has 1 aliphatic rings. The lowest BCUT2D eigenvalue weighted by molar-refractivity contribution is -0.171. The molecule has 1 amide bonds. The van der Waals surface area contributed by atoms with Crippen LogP contribution in [0.2, 0.25) is 0 Å². The van der Waals surface area contributed by atoms with Crippen molar-refractivity contribution in [2.75, 3.05) is 6.54 Å². The molecule has 126 valence electrons. The van der Waals surface area contributed by atoms with Crippen LogP contribution in [0, 0.1) is 5.92 Å². The summed E-state index contributed by atoms with van der Waals surface area (Å²) in [6.45, 7) is 8.31. The van der Waals surface area contributed by atoms with Gasteiger partial charge in [0.25, 0.3) is 0 Å². The normalized spacial score (nSPS) is 22.3. The van der Waals surface area contributed by atoms with E-state index in [4.69, 9.17) is 4.74 Å². The van der Waals surface area contributed by atoms with Gasteiger partial charge in [0, 0.05) is 18.9 Å². The van der Waals surface area contributed by atoms with Crippen LogP contribution in [-0.4, -0.2) is 34.3 Å². The van der Waals surface area contributed by atoms with E-state index in [1.165, 1.54) is 24.5 Å². The van der Waals surface area contributed by atoms with Gasteiger partial charge in [0.2, 0.25) is 0 Å². The third-order valence-electron chi connectivity index (χ3n) is 3.47. The monoisotopic (exact) mass is 328 g/mol. The summed E-state index contributed by atoms with van der Waals surface area (Å²) in [5, 5.41) is 0. The van der Waals surface area contributed by atoms with E-state index >= 15 is 0 Å². The van der Waals surface area contributed by atoms with Gasteiger partial charge in [-0.05, 0) is 38.0 Å². The second kappa shape index (κ2) is 5.86. The first-order valence-corrected chi connectivity index (χ1v) is 7.14. The number of hydrogen-bond acceptors (Lipinski definition) is 3. The number of nitrogens with zero attached hydrogens (tertiary/aromatic N) is 2. The quantitative estimate of drug-likeness (QED) is 0.729. The van der Waals surface area contributed by atoms with E-state index in [9.17, 15) is 18.0 Å². The molecule has 23 heavy (non-hydrogen) atoms. The molecule has 0 aliphatic carbocycles. The van der Waals surface area contributed by atoms with Crippen LogP contribution in [0.1, 0.15) is 32.4 Å². The lowest BCUT2D eigenvalue weighted by atomic mass is 9.91. The van der Waals surface area contributed by atoms with Crippen LogP contribution in [0.4, 0.5) is 18.0 Å². The SMILES string of the molecule is C=C1CN(C(=O)OC(C)(C)C)[C@@H](c2cccnc2)[C@H]1C(F)(F)F. The van der Waals surface area contributed by atoms with Crippen molar-refractivity contribution in [3.8, 4) is 0 Å². The average Bonchev–Trinajstić information content (AvgIpc) is 2.75. The van der Waals surface area contributed by atoms with Crippen LogP contribution in [-0.2, 0) is 4.74 Å². The number of ether oxygens (including phenoxy) is 1. The van der Waals surface area contributed by atoms with Crippen molar-refractivity contribution in [3.63, 3.8) is 0 Å². The van der Waals surface area contributed by atoms with E-state index in [0.717, 1.165) is 4.90 Å². The lowest BCUT2D eigenvalue weighted by Gasteiger charge is -2.31. The van der Waals surface area contributed by atoms with E-state index in [-0.39, 0.29) is 12.1 Å². The Labute approximate surface area is 133 Å². The number of pyridine rings is 1. The summed E-state index contributed by atoms with van der Waals surface area (Å²) in [5.41, 5.74) is -0.551. The van der Waals surface area contributed by atoms with Crippen LogP contribution in [0.3, 0.4) is 0 Å². The molecule has 0 radical (unpaired) electrons. The third kappa shape index (κ3) is 3.83. The minimum absolute atomic E-state index is 0.0581. The molecule has 0 spiro atoms. The molecule has 1 aromatic rings. The van der Waals surface area contributed by atoms with Crippen LogP contribution in [0.15, 0.2) is 36.7 Å². The first-order valence-electron chi connectivity index (χ1n) is 7.14. The Balaban J connectivity index is 2.42. The number of rotatable bonds is 1. The zero-order chi connectivity index (χ0) is 17.4. The topological polar surface area (TPSA) is 42.4 Å². The smallest absolute Gasteiger partial charge is 0.411 e. The average molecular weight is 328 g/mol. The molecule has 1 aromatic heterocycles. The molecule has 1 fully saturated rings. The Morgan fingerprint density at radius 3 is 2.52 bits per heavy atom. The van der Waals surface area contributed by atoms with Gasteiger partial charge >= 0.3 is 12.3 Å². The fourth-order valence-corrected chi connectivity index (χ4v) is 2.65. The molecule has 0 aromatic carbocycles. The minimum atomic E-state index is -4.51. The molecule has 2 atom stereocenters. The zero-order valence-corrected chi connectivity index (χ0v) is 13.2. The predicted octanol–water partition coefficient (Wildman–Crippen LogP) is 4.11. The number of carbonyl (C=O) groups excluding carboxylic acids is 1. The third-order valence-corrected chi connectivity index (χ3v) is 3.47. The van der Waals surface area contributed by atoms with Crippen LogP contribution < -0.4 is 0 Å². The number of halogens is 3. The fourth-order valence-electron chi connectivity index (χ4n) is 2.65. The molecule has 7 heteroatoms. The first-order chi connectivity index (χ1) is 10.5. The molecule has 1 saturated heterocycles. The van der Waals surface area contributed by atoms with Crippen molar-refractivity contribution in [2.24, 2.45) is 5.92 Å². The van der Waals surface area contributed by atoms with Gasteiger partial charge in [0.15, 0.2) is 0 Å². The standard InChI is InChI=1S/C16H19F3N2O2/c1-10-9-21(14(22)23-15(2,3)4)13(12(10)16(17,18)19)11-6-5-7-20-8-11/h5-8,12-13H,1,9H2,2-4H3/t12-,13-/m0/s1. The predicted molar refractivity (Wildman–Crippen MR) is 78.6 cm³/mol. The summed E-state index contributed by atoms with van der Waals surface area (Å²) in [7, 11) is 0. The highest BCUT2D eigenvalue weighted by Crippen LogP contribution is 2.48. The Kier molecular flexibility index (Phi) is 4.41. The van der Waals surface area contributed by atoms with Crippen LogP contribution in [0.5, 0.6) is 0 Å². The van der Waals surface area contributed by atoms with Gasteiger partial charge in [-0.15, -0.1) is 0 Å².